The Morgan fingerprint density at radius 2 is 2.21 bits per heavy atom. The Hall–Kier alpha value is -0.510. The summed E-state index contributed by atoms with van der Waals surface area (Å²) in [7, 11) is 0. The molecular formula is C16H26N2S. The summed E-state index contributed by atoms with van der Waals surface area (Å²) in [5.74, 6) is 7.79. The SMILES string of the molecule is CC(C)Cc1cccc(C(NN)C2CCCCS2)c1. The van der Waals surface area contributed by atoms with Crippen molar-refractivity contribution in [2.75, 3.05) is 5.75 Å². The molecule has 0 saturated carbocycles. The summed E-state index contributed by atoms with van der Waals surface area (Å²) in [5.41, 5.74) is 5.82. The quantitative estimate of drug-likeness (QED) is 0.637. The van der Waals surface area contributed by atoms with Crippen LogP contribution in [0.1, 0.15) is 50.3 Å². The Morgan fingerprint density at radius 1 is 1.37 bits per heavy atom. The summed E-state index contributed by atoms with van der Waals surface area (Å²) in [5, 5.41) is 0.619. The molecule has 2 unspecified atom stereocenters. The average Bonchev–Trinajstić information content (AvgIpc) is 2.40. The standard InChI is InChI=1S/C16H26N2S/c1-12(2)10-13-6-5-7-14(11-13)16(18-17)15-8-3-4-9-19-15/h5-7,11-12,15-16,18H,3-4,8-10,17H2,1-2H3. The van der Waals surface area contributed by atoms with Crippen molar-refractivity contribution in [2.45, 2.75) is 50.8 Å². The molecule has 0 radical (unpaired) electrons. The molecule has 2 nitrogen and oxygen atoms in total. The predicted octanol–water partition coefficient (Wildman–Crippen LogP) is 3.68. The molecule has 19 heavy (non-hydrogen) atoms. The Kier molecular flexibility index (Phi) is 5.74. The second-order valence-corrected chi connectivity index (χ2v) is 7.24. The van der Waals surface area contributed by atoms with Crippen LogP contribution in [0.4, 0.5) is 0 Å². The van der Waals surface area contributed by atoms with Crippen LogP contribution < -0.4 is 11.3 Å². The first-order chi connectivity index (χ1) is 9.20. The van der Waals surface area contributed by atoms with E-state index in [4.69, 9.17) is 5.84 Å². The van der Waals surface area contributed by atoms with Gasteiger partial charge in [0.05, 0.1) is 6.04 Å². The minimum Gasteiger partial charge on any atom is -0.271 e. The number of thioether (sulfide) groups is 1. The fourth-order valence-corrected chi connectivity index (χ4v) is 4.27. The van der Waals surface area contributed by atoms with Crippen LogP contribution >= 0.6 is 11.8 Å². The molecule has 0 amide bonds. The monoisotopic (exact) mass is 278 g/mol. The molecule has 3 heteroatoms. The van der Waals surface area contributed by atoms with Crippen LogP contribution in [0.5, 0.6) is 0 Å². The van der Waals surface area contributed by atoms with E-state index in [-0.39, 0.29) is 6.04 Å². The number of hydrazine groups is 1. The van der Waals surface area contributed by atoms with Crippen molar-refractivity contribution in [3.05, 3.63) is 35.4 Å². The molecule has 1 aromatic carbocycles. The van der Waals surface area contributed by atoms with E-state index in [1.165, 1.54) is 36.1 Å². The van der Waals surface area contributed by atoms with E-state index in [0.717, 1.165) is 6.42 Å². The fraction of sp³-hybridized carbons (Fsp3) is 0.625. The molecule has 1 aliphatic heterocycles. The van der Waals surface area contributed by atoms with Gasteiger partial charge in [0, 0.05) is 5.25 Å². The van der Waals surface area contributed by atoms with Gasteiger partial charge >= 0.3 is 0 Å². The summed E-state index contributed by atoms with van der Waals surface area (Å²) in [6.45, 7) is 4.53. The van der Waals surface area contributed by atoms with E-state index in [1.807, 2.05) is 0 Å². The van der Waals surface area contributed by atoms with Gasteiger partial charge in [0.2, 0.25) is 0 Å². The number of benzene rings is 1. The molecule has 1 fully saturated rings. The molecule has 2 atom stereocenters. The lowest BCUT2D eigenvalue weighted by molar-refractivity contribution is 0.491. The first kappa shape index (κ1) is 14.9. The van der Waals surface area contributed by atoms with Gasteiger partial charge in [0.1, 0.15) is 0 Å². The van der Waals surface area contributed by atoms with E-state index >= 15 is 0 Å². The molecule has 0 bridgehead atoms. The van der Waals surface area contributed by atoms with E-state index in [1.54, 1.807) is 0 Å². The van der Waals surface area contributed by atoms with Gasteiger partial charge in [0.15, 0.2) is 0 Å². The number of nitrogens with two attached hydrogens (primary N) is 1. The van der Waals surface area contributed by atoms with Crippen molar-refractivity contribution in [3.8, 4) is 0 Å². The highest BCUT2D eigenvalue weighted by atomic mass is 32.2. The first-order valence-corrected chi connectivity index (χ1v) is 8.42. The minimum atomic E-state index is 0.289. The molecule has 106 valence electrons. The number of nitrogens with one attached hydrogen (secondary N) is 1. The zero-order valence-electron chi connectivity index (χ0n) is 12.1. The average molecular weight is 278 g/mol. The maximum Gasteiger partial charge on any atom is 0.0578 e. The molecule has 0 spiro atoms. The van der Waals surface area contributed by atoms with Gasteiger partial charge in [-0.1, -0.05) is 44.5 Å². The molecule has 1 heterocycles. The van der Waals surface area contributed by atoms with Gasteiger partial charge in [-0.2, -0.15) is 11.8 Å². The first-order valence-electron chi connectivity index (χ1n) is 7.37. The number of rotatable bonds is 5. The normalized spacial score (nSPS) is 21.6. The molecule has 0 aliphatic carbocycles. The maximum atomic E-state index is 5.82. The maximum absolute atomic E-state index is 5.82. The van der Waals surface area contributed by atoms with Crippen LogP contribution in [-0.2, 0) is 6.42 Å². The number of hydrogen-bond acceptors (Lipinski definition) is 3. The molecule has 1 saturated heterocycles. The lowest BCUT2D eigenvalue weighted by atomic mass is 9.95. The third-order valence-corrected chi connectivity index (χ3v) is 5.18. The highest BCUT2D eigenvalue weighted by molar-refractivity contribution is 8.00. The van der Waals surface area contributed by atoms with Gasteiger partial charge < -0.3 is 0 Å². The van der Waals surface area contributed by atoms with Crippen LogP contribution in [0, 0.1) is 5.92 Å². The Bertz CT molecular complexity index is 386. The van der Waals surface area contributed by atoms with Gasteiger partial charge in [-0.15, -0.1) is 0 Å². The van der Waals surface area contributed by atoms with Crippen LogP contribution in [-0.4, -0.2) is 11.0 Å². The van der Waals surface area contributed by atoms with Crippen LogP contribution in [0.25, 0.3) is 0 Å². The summed E-state index contributed by atoms with van der Waals surface area (Å²) in [6.07, 6.45) is 5.10. The largest absolute Gasteiger partial charge is 0.271 e. The van der Waals surface area contributed by atoms with E-state index < -0.39 is 0 Å². The third-order valence-electron chi connectivity index (χ3n) is 3.72. The topological polar surface area (TPSA) is 38.0 Å². The lowest BCUT2D eigenvalue weighted by Crippen LogP contribution is -2.36. The zero-order valence-corrected chi connectivity index (χ0v) is 12.9. The van der Waals surface area contributed by atoms with Crippen LogP contribution in [0.15, 0.2) is 24.3 Å². The van der Waals surface area contributed by atoms with E-state index in [9.17, 15) is 0 Å². The highest BCUT2D eigenvalue weighted by Crippen LogP contribution is 2.34. The van der Waals surface area contributed by atoms with E-state index in [2.05, 4.69) is 55.3 Å². The summed E-state index contributed by atoms with van der Waals surface area (Å²) in [4.78, 5) is 0. The highest BCUT2D eigenvalue weighted by Gasteiger charge is 2.24. The fourth-order valence-electron chi connectivity index (χ4n) is 2.83. The Labute approximate surface area is 121 Å². The lowest BCUT2D eigenvalue weighted by Gasteiger charge is -2.30. The summed E-state index contributed by atoms with van der Waals surface area (Å²) >= 11 is 2.07. The smallest absolute Gasteiger partial charge is 0.0578 e. The van der Waals surface area contributed by atoms with Gasteiger partial charge in [0.25, 0.3) is 0 Å². The molecular weight excluding hydrogens is 252 g/mol. The van der Waals surface area contributed by atoms with E-state index in [0.29, 0.717) is 11.2 Å². The summed E-state index contributed by atoms with van der Waals surface area (Å²) < 4.78 is 0. The summed E-state index contributed by atoms with van der Waals surface area (Å²) in [6, 6.07) is 9.23. The Morgan fingerprint density at radius 3 is 2.84 bits per heavy atom. The van der Waals surface area contributed by atoms with Crippen LogP contribution in [0.3, 0.4) is 0 Å². The second kappa shape index (κ2) is 7.32. The minimum absolute atomic E-state index is 0.289. The molecule has 1 aromatic rings. The van der Waals surface area contributed by atoms with Crippen molar-refractivity contribution in [1.82, 2.24) is 5.43 Å². The van der Waals surface area contributed by atoms with Gasteiger partial charge in [-0.3, -0.25) is 11.3 Å². The Balaban J connectivity index is 2.12. The van der Waals surface area contributed by atoms with Crippen molar-refractivity contribution in [2.24, 2.45) is 11.8 Å². The molecule has 3 N–H and O–H groups in total. The number of hydrogen-bond donors (Lipinski definition) is 2. The van der Waals surface area contributed by atoms with Crippen LogP contribution in [0.2, 0.25) is 0 Å². The molecule has 0 aromatic heterocycles. The van der Waals surface area contributed by atoms with Crippen molar-refractivity contribution in [1.29, 1.82) is 0 Å². The van der Waals surface area contributed by atoms with Crippen molar-refractivity contribution < 1.29 is 0 Å². The van der Waals surface area contributed by atoms with Gasteiger partial charge in [-0.25, -0.2) is 0 Å². The third kappa shape index (κ3) is 4.23. The predicted molar refractivity (Wildman–Crippen MR) is 85.1 cm³/mol. The second-order valence-electron chi connectivity index (χ2n) is 5.89. The van der Waals surface area contributed by atoms with Gasteiger partial charge in [-0.05, 0) is 42.1 Å². The molecule has 1 aliphatic rings. The zero-order chi connectivity index (χ0) is 13.7. The van der Waals surface area contributed by atoms with Crippen molar-refractivity contribution >= 4 is 11.8 Å². The van der Waals surface area contributed by atoms with Crippen molar-refractivity contribution in [3.63, 3.8) is 0 Å². The molecule has 2 rings (SSSR count).